The van der Waals surface area contributed by atoms with Crippen LogP contribution in [-0.2, 0) is 9.59 Å². The van der Waals surface area contributed by atoms with E-state index in [1.54, 1.807) is 0 Å². The molecule has 0 saturated carbocycles. The molecule has 0 rings (SSSR count). The van der Waals surface area contributed by atoms with Crippen molar-refractivity contribution in [2.24, 2.45) is 5.73 Å². The topological polar surface area (TPSA) is 113 Å². The van der Waals surface area contributed by atoms with Gasteiger partial charge in [0.15, 0.2) is 0 Å². The van der Waals surface area contributed by atoms with E-state index in [-0.39, 0.29) is 13.0 Å². The Labute approximate surface area is 69.4 Å². The molecule has 0 aliphatic carbocycles. The van der Waals surface area contributed by atoms with Crippen LogP contribution in [0.1, 0.15) is 6.42 Å². The monoisotopic (exact) mass is 176 g/mol. The smallest absolute Gasteiger partial charge is 0.242 e. The molecule has 0 aromatic carbocycles. The van der Waals surface area contributed by atoms with Crippen molar-refractivity contribution in [1.82, 2.24) is 5.32 Å². The highest BCUT2D eigenvalue weighted by atomic mass is 16.3. The van der Waals surface area contributed by atoms with Gasteiger partial charge < -0.3 is 21.3 Å². The first-order valence-electron chi connectivity index (χ1n) is 3.42. The lowest BCUT2D eigenvalue weighted by atomic mass is 10.3. The number of amides is 2. The molecule has 0 radical (unpaired) electrons. The number of nitrogens with two attached hydrogens (primary N) is 1. The van der Waals surface area contributed by atoms with Gasteiger partial charge in [-0.1, -0.05) is 0 Å². The molecule has 12 heavy (non-hydrogen) atoms. The number of carbonyl (C=O) groups is 2. The third-order valence-electron chi connectivity index (χ3n) is 1.20. The van der Waals surface area contributed by atoms with Gasteiger partial charge in [-0.15, -0.1) is 0 Å². The summed E-state index contributed by atoms with van der Waals surface area (Å²) in [6, 6.07) is -1.07. The zero-order valence-electron chi connectivity index (χ0n) is 6.49. The van der Waals surface area contributed by atoms with Crippen LogP contribution in [-0.4, -0.2) is 41.3 Å². The molecule has 0 fully saturated rings. The van der Waals surface area contributed by atoms with Crippen molar-refractivity contribution >= 4 is 11.8 Å². The molecule has 0 spiro atoms. The molecule has 5 N–H and O–H groups in total. The molecule has 0 unspecified atom stereocenters. The molecular formula is C6H12N2O4. The van der Waals surface area contributed by atoms with Crippen LogP contribution in [0.2, 0.25) is 0 Å². The van der Waals surface area contributed by atoms with E-state index in [4.69, 9.17) is 15.9 Å². The fourth-order valence-corrected chi connectivity index (χ4v) is 0.575. The maximum atomic E-state index is 10.7. The molecule has 6 nitrogen and oxygen atoms in total. The van der Waals surface area contributed by atoms with Crippen molar-refractivity contribution in [3.63, 3.8) is 0 Å². The summed E-state index contributed by atoms with van der Waals surface area (Å²) in [6.07, 6.45) is -0.107. The Morgan fingerprint density at radius 1 is 1.42 bits per heavy atom. The Balaban J connectivity index is 3.85. The fraction of sp³-hybridized carbons (Fsp3) is 0.667. The van der Waals surface area contributed by atoms with Crippen molar-refractivity contribution in [3.8, 4) is 0 Å². The number of hydrogen-bond acceptors (Lipinski definition) is 4. The lowest BCUT2D eigenvalue weighted by Crippen LogP contribution is -2.46. The zero-order chi connectivity index (χ0) is 9.56. The summed E-state index contributed by atoms with van der Waals surface area (Å²) in [5.41, 5.74) is 4.82. The van der Waals surface area contributed by atoms with Crippen molar-refractivity contribution in [2.45, 2.75) is 12.5 Å². The van der Waals surface area contributed by atoms with E-state index in [0.717, 1.165) is 0 Å². The minimum Gasteiger partial charge on any atom is -0.396 e. The number of rotatable bonds is 5. The van der Waals surface area contributed by atoms with E-state index in [2.05, 4.69) is 5.32 Å². The zero-order valence-corrected chi connectivity index (χ0v) is 6.49. The first-order valence-corrected chi connectivity index (χ1v) is 3.42. The summed E-state index contributed by atoms with van der Waals surface area (Å²) in [6.45, 7) is -0.838. The van der Waals surface area contributed by atoms with Crippen molar-refractivity contribution in [2.75, 3.05) is 13.2 Å². The third kappa shape index (κ3) is 3.89. The largest absolute Gasteiger partial charge is 0.396 e. The van der Waals surface area contributed by atoms with Crippen LogP contribution < -0.4 is 11.1 Å². The molecule has 6 heteroatoms. The van der Waals surface area contributed by atoms with Gasteiger partial charge in [0.05, 0.1) is 13.2 Å². The van der Waals surface area contributed by atoms with Gasteiger partial charge in [-0.2, -0.15) is 0 Å². The van der Waals surface area contributed by atoms with Crippen LogP contribution in [0.15, 0.2) is 0 Å². The lowest BCUT2D eigenvalue weighted by Gasteiger charge is -2.11. The van der Waals surface area contributed by atoms with Gasteiger partial charge in [0.25, 0.3) is 0 Å². The molecule has 0 bridgehead atoms. The van der Waals surface area contributed by atoms with E-state index >= 15 is 0 Å². The van der Waals surface area contributed by atoms with Crippen LogP contribution in [0.4, 0.5) is 0 Å². The molecular weight excluding hydrogens is 164 g/mol. The van der Waals surface area contributed by atoms with Gasteiger partial charge in [0.2, 0.25) is 11.8 Å². The quantitative estimate of drug-likeness (QED) is 0.366. The number of carbonyl (C=O) groups excluding carboxylic acids is 2. The highest BCUT2D eigenvalue weighted by Gasteiger charge is 2.15. The predicted octanol–water partition coefficient (Wildman–Crippen LogP) is -2.67. The second-order valence-electron chi connectivity index (χ2n) is 2.18. The summed E-state index contributed by atoms with van der Waals surface area (Å²) >= 11 is 0. The second kappa shape index (κ2) is 5.50. The molecule has 1 atom stereocenters. The molecule has 0 aromatic rings. The van der Waals surface area contributed by atoms with Gasteiger partial charge in [-0.3, -0.25) is 9.59 Å². The number of aliphatic hydroxyl groups is 2. The summed E-state index contributed by atoms with van der Waals surface area (Å²) in [4.78, 5) is 21.2. The number of hydrogen-bond donors (Lipinski definition) is 4. The van der Waals surface area contributed by atoms with Gasteiger partial charge >= 0.3 is 0 Å². The lowest BCUT2D eigenvalue weighted by molar-refractivity contribution is -0.128. The van der Waals surface area contributed by atoms with Crippen LogP contribution in [0.5, 0.6) is 0 Å². The van der Waals surface area contributed by atoms with Gasteiger partial charge in [-0.25, -0.2) is 0 Å². The molecule has 0 aromatic heterocycles. The molecule has 70 valence electrons. The second-order valence-corrected chi connectivity index (χ2v) is 2.18. The highest BCUT2D eigenvalue weighted by molar-refractivity contribution is 5.86. The number of primary amides is 1. The molecule has 0 saturated heterocycles. The number of aliphatic hydroxyl groups excluding tert-OH is 2. The van der Waals surface area contributed by atoms with Crippen LogP contribution in [0.25, 0.3) is 0 Å². The van der Waals surface area contributed by atoms with E-state index in [0.29, 0.717) is 0 Å². The van der Waals surface area contributed by atoms with Crippen molar-refractivity contribution in [3.05, 3.63) is 0 Å². The van der Waals surface area contributed by atoms with Crippen molar-refractivity contribution < 1.29 is 19.8 Å². The van der Waals surface area contributed by atoms with Gasteiger partial charge in [0, 0.05) is 6.42 Å². The van der Waals surface area contributed by atoms with E-state index in [1.165, 1.54) is 0 Å². The Morgan fingerprint density at radius 3 is 2.33 bits per heavy atom. The van der Waals surface area contributed by atoms with E-state index in [1.807, 2.05) is 0 Å². The normalized spacial score (nSPS) is 12.2. The molecule has 0 aliphatic heterocycles. The maximum Gasteiger partial charge on any atom is 0.242 e. The van der Waals surface area contributed by atoms with Gasteiger partial charge in [0.1, 0.15) is 6.04 Å². The maximum absolute atomic E-state index is 10.7. The SMILES string of the molecule is NC(=O)[C@H](CO)NC(=O)CCO. The Morgan fingerprint density at radius 2 is 2.00 bits per heavy atom. The van der Waals surface area contributed by atoms with Gasteiger partial charge in [-0.05, 0) is 0 Å². The van der Waals surface area contributed by atoms with E-state index in [9.17, 15) is 9.59 Å². The molecule has 0 heterocycles. The average Bonchev–Trinajstić information content (AvgIpc) is 2.00. The Kier molecular flexibility index (Phi) is 4.98. The van der Waals surface area contributed by atoms with Crippen LogP contribution in [0.3, 0.4) is 0 Å². The van der Waals surface area contributed by atoms with Crippen LogP contribution in [0, 0.1) is 0 Å². The molecule has 2 amide bonds. The van der Waals surface area contributed by atoms with E-state index < -0.39 is 24.5 Å². The summed E-state index contributed by atoms with van der Waals surface area (Å²) < 4.78 is 0. The number of nitrogens with one attached hydrogen (secondary N) is 1. The summed E-state index contributed by atoms with van der Waals surface area (Å²) in [5.74, 6) is -1.32. The predicted molar refractivity (Wildman–Crippen MR) is 39.9 cm³/mol. The minimum absolute atomic E-state index is 0.107. The summed E-state index contributed by atoms with van der Waals surface area (Å²) in [7, 11) is 0. The standard InChI is InChI=1S/C6H12N2O4/c7-6(12)4(3-10)8-5(11)1-2-9/h4,9-10H,1-3H2,(H2,7,12)(H,8,11)/t4-/m0/s1. The first-order chi connectivity index (χ1) is 5.61. The third-order valence-corrected chi connectivity index (χ3v) is 1.20. The molecule has 0 aliphatic rings. The Hall–Kier alpha value is -1.14. The highest BCUT2D eigenvalue weighted by Crippen LogP contribution is 1.83. The minimum atomic E-state index is -1.07. The van der Waals surface area contributed by atoms with Crippen molar-refractivity contribution in [1.29, 1.82) is 0 Å². The van der Waals surface area contributed by atoms with Crippen LogP contribution >= 0.6 is 0 Å². The summed E-state index contributed by atoms with van der Waals surface area (Å²) in [5, 5.41) is 19.0. The first kappa shape index (κ1) is 10.9. The fourth-order valence-electron chi connectivity index (χ4n) is 0.575. The Bertz CT molecular complexity index is 171. The average molecular weight is 176 g/mol.